The Hall–Kier alpha value is -1.10. The summed E-state index contributed by atoms with van der Waals surface area (Å²) in [5, 5.41) is 0. The Morgan fingerprint density at radius 2 is 1.68 bits per heavy atom. The molecule has 4 heteroatoms. The average molecular weight is 267 g/mol. The van der Waals surface area contributed by atoms with Crippen LogP contribution in [0.3, 0.4) is 0 Å². The van der Waals surface area contributed by atoms with E-state index >= 15 is 0 Å². The van der Waals surface area contributed by atoms with Crippen LogP contribution in [0, 0.1) is 6.92 Å². The average Bonchev–Trinajstić information content (AvgIpc) is 2.41. The molecule has 4 nitrogen and oxygen atoms in total. The number of nitrogens with two attached hydrogens (primary N) is 1. The second-order valence-electron chi connectivity index (χ2n) is 4.39. The first-order chi connectivity index (χ1) is 9.33. The van der Waals surface area contributed by atoms with E-state index in [9.17, 15) is 0 Å². The van der Waals surface area contributed by atoms with Crippen molar-refractivity contribution in [2.24, 2.45) is 5.73 Å². The molecule has 1 aromatic carbocycles. The molecule has 0 aromatic heterocycles. The zero-order valence-electron chi connectivity index (χ0n) is 11.8. The lowest BCUT2D eigenvalue weighted by Crippen LogP contribution is -2.12. The van der Waals surface area contributed by atoms with E-state index in [4.69, 9.17) is 19.9 Å². The number of hydrogen-bond acceptors (Lipinski definition) is 4. The zero-order chi connectivity index (χ0) is 13.8. The number of ether oxygens (including phenoxy) is 3. The summed E-state index contributed by atoms with van der Waals surface area (Å²) in [4.78, 5) is 0. The third-order valence-corrected chi connectivity index (χ3v) is 2.58. The number of hydrogen-bond donors (Lipinski definition) is 1. The molecule has 2 N–H and O–H groups in total. The molecule has 19 heavy (non-hydrogen) atoms. The van der Waals surface area contributed by atoms with Gasteiger partial charge in [0.25, 0.3) is 0 Å². The molecule has 108 valence electrons. The molecule has 0 saturated heterocycles. The van der Waals surface area contributed by atoms with Gasteiger partial charge >= 0.3 is 0 Å². The van der Waals surface area contributed by atoms with Gasteiger partial charge in [-0.3, -0.25) is 0 Å². The van der Waals surface area contributed by atoms with Crippen LogP contribution < -0.4 is 10.5 Å². The van der Waals surface area contributed by atoms with Gasteiger partial charge in [-0.15, -0.1) is 0 Å². The summed E-state index contributed by atoms with van der Waals surface area (Å²) >= 11 is 0. The Labute approximate surface area is 115 Å². The molecular formula is C15H25NO3. The summed E-state index contributed by atoms with van der Waals surface area (Å²) in [6.45, 7) is 5.98. The number of aryl methyl sites for hydroxylation is 1. The normalized spacial score (nSPS) is 10.6. The predicted molar refractivity (Wildman–Crippen MR) is 76.6 cm³/mol. The van der Waals surface area contributed by atoms with E-state index in [-0.39, 0.29) is 0 Å². The van der Waals surface area contributed by atoms with Crippen LogP contribution in [0.15, 0.2) is 24.3 Å². The zero-order valence-corrected chi connectivity index (χ0v) is 11.8. The topological polar surface area (TPSA) is 53.7 Å². The minimum atomic E-state index is 0.566. The van der Waals surface area contributed by atoms with E-state index in [0.717, 1.165) is 31.8 Å². The van der Waals surface area contributed by atoms with Crippen LogP contribution in [0.1, 0.15) is 18.4 Å². The van der Waals surface area contributed by atoms with Gasteiger partial charge in [0.1, 0.15) is 5.75 Å². The highest BCUT2D eigenvalue weighted by Crippen LogP contribution is 2.12. The van der Waals surface area contributed by atoms with Gasteiger partial charge in [0, 0.05) is 13.2 Å². The fraction of sp³-hybridized carbons (Fsp3) is 0.600. The molecule has 0 aliphatic carbocycles. The van der Waals surface area contributed by atoms with Crippen LogP contribution in [0.25, 0.3) is 0 Å². The Kier molecular flexibility index (Phi) is 9.06. The fourth-order valence-corrected chi connectivity index (χ4v) is 1.61. The van der Waals surface area contributed by atoms with Crippen molar-refractivity contribution in [1.29, 1.82) is 0 Å². The molecule has 0 heterocycles. The standard InChI is InChI=1S/C15H25NO3/c1-14-5-4-6-15(13-14)19-9-3-2-8-17-11-12-18-10-7-16/h4-6,13H,2-3,7-12,16H2,1H3. The Morgan fingerprint density at radius 1 is 0.947 bits per heavy atom. The Morgan fingerprint density at radius 3 is 2.42 bits per heavy atom. The molecule has 0 amide bonds. The first-order valence-electron chi connectivity index (χ1n) is 6.88. The molecule has 0 aliphatic heterocycles. The third kappa shape index (κ3) is 8.59. The van der Waals surface area contributed by atoms with Gasteiger partial charge in [0.05, 0.1) is 26.4 Å². The summed E-state index contributed by atoms with van der Waals surface area (Å²) in [7, 11) is 0. The van der Waals surface area contributed by atoms with E-state index in [1.165, 1.54) is 5.56 Å². The molecule has 0 fully saturated rings. The molecule has 1 aromatic rings. The minimum Gasteiger partial charge on any atom is -0.494 e. The molecule has 0 bridgehead atoms. The van der Waals surface area contributed by atoms with Crippen LogP contribution in [-0.2, 0) is 9.47 Å². The highest BCUT2D eigenvalue weighted by molar-refractivity contribution is 5.27. The van der Waals surface area contributed by atoms with Crippen LogP contribution in [0.2, 0.25) is 0 Å². The maximum Gasteiger partial charge on any atom is 0.119 e. The van der Waals surface area contributed by atoms with Crippen molar-refractivity contribution in [1.82, 2.24) is 0 Å². The van der Waals surface area contributed by atoms with E-state index in [0.29, 0.717) is 26.4 Å². The number of unbranched alkanes of at least 4 members (excludes halogenated alkanes) is 1. The maximum atomic E-state index is 5.65. The van der Waals surface area contributed by atoms with E-state index < -0.39 is 0 Å². The van der Waals surface area contributed by atoms with Crippen molar-refractivity contribution >= 4 is 0 Å². The summed E-state index contributed by atoms with van der Waals surface area (Å²) in [5.41, 5.74) is 6.52. The predicted octanol–water partition coefficient (Wildman–Crippen LogP) is 2.15. The van der Waals surface area contributed by atoms with Crippen LogP contribution in [-0.4, -0.2) is 39.6 Å². The summed E-state index contributed by atoms with van der Waals surface area (Å²) in [6, 6.07) is 8.10. The number of rotatable bonds is 11. The van der Waals surface area contributed by atoms with Crippen molar-refractivity contribution in [3.63, 3.8) is 0 Å². The van der Waals surface area contributed by atoms with Crippen LogP contribution in [0.4, 0.5) is 0 Å². The molecule has 0 spiro atoms. The minimum absolute atomic E-state index is 0.566. The Bertz CT molecular complexity index is 331. The summed E-state index contributed by atoms with van der Waals surface area (Å²) < 4.78 is 16.3. The van der Waals surface area contributed by atoms with Gasteiger partial charge in [0.2, 0.25) is 0 Å². The molecule has 0 saturated carbocycles. The van der Waals surface area contributed by atoms with Crippen molar-refractivity contribution in [2.45, 2.75) is 19.8 Å². The molecule has 0 radical (unpaired) electrons. The van der Waals surface area contributed by atoms with E-state index in [2.05, 4.69) is 13.0 Å². The van der Waals surface area contributed by atoms with Crippen LogP contribution in [0.5, 0.6) is 5.75 Å². The smallest absolute Gasteiger partial charge is 0.119 e. The first kappa shape index (κ1) is 16.0. The Balaban J connectivity index is 1.89. The quantitative estimate of drug-likeness (QED) is 0.624. The lowest BCUT2D eigenvalue weighted by atomic mass is 10.2. The van der Waals surface area contributed by atoms with E-state index in [1.807, 2.05) is 18.2 Å². The van der Waals surface area contributed by atoms with Crippen molar-refractivity contribution < 1.29 is 14.2 Å². The largest absolute Gasteiger partial charge is 0.494 e. The van der Waals surface area contributed by atoms with Crippen molar-refractivity contribution in [3.8, 4) is 5.75 Å². The molecule has 0 unspecified atom stereocenters. The van der Waals surface area contributed by atoms with Gasteiger partial charge in [-0.05, 0) is 37.5 Å². The van der Waals surface area contributed by atoms with Gasteiger partial charge in [0.15, 0.2) is 0 Å². The van der Waals surface area contributed by atoms with Crippen molar-refractivity contribution in [3.05, 3.63) is 29.8 Å². The lowest BCUT2D eigenvalue weighted by Gasteiger charge is -2.07. The highest BCUT2D eigenvalue weighted by Gasteiger charge is 1.95. The summed E-state index contributed by atoms with van der Waals surface area (Å²) in [5.74, 6) is 0.941. The van der Waals surface area contributed by atoms with Gasteiger partial charge in [-0.2, -0.15) is 0 Å². The van der Waals surface area contributed by atoms with Crippen LogP contribution >= 0.6 is 0 Å². The first-order valence-corrected chi connectivity index (χ1v) is 6.88. The summed E-state index contributed by atoms with van der Waals surface area (Å²) in [6.07, 6.45) is 2.00. The maximum absolute atomic E-state index is 5.65. The van der Waals surface area contributed by atoms with Gasteiger partial charge < -0.3 is 19.9 Å². The fourth-order valence-electron chi connectivity index (χ4n) is 1.61. The molecule has 0 aliphatic rings. The second kappa shape index (κ2) is 10.8. The van der Waals surface area contributed by atoms with E-state index in [1.54, 1.807) is 0 Å². The monoisotopic (exact) mass is 267 g/mol. The third-order valence-electron chi connectivity index (χ3n) is 2.58. The molecule has 1 rings (SSSR count). The molecule has 0 atom stereocenters. The van der Waals surface area contributed by atoms with Gasteiger partial charge in [-0.1, -0.05) is 12.1 Å². The highest BCUT2D eigenvalue weighted by atomic mass is 16.5. The number of benzene rings is 1. The van der Waals surface area contributed by atoms with Gasteiger partial charge in [-0.25, -0.2) is 0 Å². The SMILES string of the molecule is Cc1cccc(OCCCCOCCOCCN)c1. The molecular weight excluding hydrogens is 242 g/mol. The lowest BCUT2D eigenvalue weighted by molar-refractivity contribution is 0.0484. The van der Waals surface area contributed by atoms with Crippen molar-refractivity contribution in [2.75, 3.05) is 39.6 Å². The second-order valence-corrected chi connectivity index (χ2v) is 4.39.